The van der Waals surface area contributed by atoms with Crippen molar-refractivity contribution in [3.05, 3.63) is 94.5 Å². The van der Waals surface area contributed by atoms with Crippen LogP contribution in [0.4, 0.5) is 0 Å². The van der Waals surface area contributed by atoms with Crippen LogP contribution in [-0.2, 0) is 4.79 Å². The quantitative estimate of drug-likeness (QED) is 0.290. The zero-order valence-corrected chi connectivity index (χ0v) is 18.6. The van der Waals surface area contributed by atoms with Crippen LogP contribution in [0.2, 0.25) is 0 Å². The fourth-order valence-corrected chi connectivity index (χ4v) is 4.78. The summed E-state index contributed by atoms with van der Waals surface area (Å²) >= 11 is 0. The Kier molecular flexibility index (Phi) is 4.77. The van der Waals surface area contributed by atoms with Crippen LogP contribution in [0.1, 0.15) is 23.5 Å². The number of pyridine rings is 1. The fourth-order valence-electron chi connectivity index (χ4n) is 4.78. The molecule has 0 bridgehead atoms. The Morgan fingerprint density at radius 2 is 1.86 bits per heavy atom. The summed E-state index contributed by atoms with van der Waals surface area (Å²) in [5, 5.41) is 11.8. The van der Waals surface area contributed by atoms with E-state index in [0.29, 0.717) is 22.4 Å². The van der Waals surface area contributed by atoms with Crippen LogP contribution in [0.3, 0.4) is 0 Å². The summed E-state index contributed by atoms with van der Waals surface area (Å²) in [4.78, 5) is 30.6. The highest BCUT2D eigenvalue weighted by molar-refractivity contribution is 5.95. The summed E-state index contributed by atoms with van der Waals surface area (Å²) < 4.78 is 16.7. The molecule has 0 spiro atoms. The molecule has 2 aromatic heterocycles. The Morgan fingerprint density at radius 3 is 2.66 bits per heavy atom. The number of benzene rings is 3. The zero-order chi connectivity index (χ0) is 24.1. The summed E-state index contributed by atoms with van der Waals surface area (Å²) in [5.74, 6) is -0.393. The van der Waals surface area contributed by atoms with Gasteiger partial charge < -0.3 is 19.0 Å². The molecule has 5 aromatic rings. The van der Waals surface area contributed by atoms with Crippen molar-refractivity contribution in [1.29, 1.82) is 0 Å². The monoisotopic (exact) mass is 465 g/mol. The molecule has 1 atom stereocenters. The van der Waals surface area contributed by atoms with Gasteiger partial charge in [-0.05, 0) is 29.3 Å². The van der Waals surface area contributed by atoms with Gasteiger partial charge in [0, 0.05) is 29.1 Å². The number of hydrogen-bond acceptors (Lipinski definition) is 7. The Labute approximate surface area is 199 Å². The van der Waals surface area contributed by atoms with Gasteiger partial charge in [-0.25, -0.2) is 0 Å². The molecule has 0 aliphatic carbocycles. The van der Waals surface area contributed by atoms with E-state index in [-0.39, 0.29) is 34.3 Å². The predicted octanol–water partition coefficient (Wildman–Crippen LogP) is 5.16. The zero-order valence-electron chi connectivity index (χ0n) is 18.6. The average Bonchev–Trinajstić information content (AvgIpc) is 2.88. The standard InChI is InChI=1S/C28H19NO6/c1-33-17-9-7-15(8-10-17)20-14-34-28-24-19(18-6-2-4-16-5-3-11-29-26(16)18)12-23(31)35-22(24)13-21(30)25(28)27(20)32/h2-11,13-14,19,30H,12H2,1H3. The average molecular weight is 465 g/mol. The minimum Gasteiger partial charge on any atom is -0.507 e. The Morgan fingerprint density at radius 1 is 1.06 bits per heavy atom. The summed E-state index contributed by atoms with van der Waals surface area (Å²) in [7, 11) is 1.56. The highest BCUT2D eigenvalue weighted by Crippen LogP contribution is 2.46. The number of carbonyl (C=O) groups is 1. The molecular weight excluding hydrogens is 446 g/mol. The van der Waals surface area contributed by atoms with Crippen molar-refractivity contribution in [3.63, 3.8) is 0 Å². The van der Waals surface area contributed by atoms with Crippen molar-refractivity contribution >= 4 is 27.8 Å². The van der Waals surface area contributed by atoms with Crippen LogP contribution in [0, 0.1) is 0 Å². The van der Waals surface area contributed by atoms with Gasteiger partial charge in [-0.15, -0.1) is 0 Å². The van der Waals surface area contributed by atoms with Crippen LogP contribution < -0.4 is 14.9 Å². The largest absolute Gasteiger partial charge is 0.507 e. The number of aromatic nitrogens is 1. The summed E-state index contributed by atoms with van der Waals surface area (Å²) in [5.41, 5.74) is 2.82. The maximum Gasteiger partial charge on any atom is 0.312 e. The molecule has 3 heterocycles. The van der Waals surface area contributed by atoms with E-state index in [4.69, 9.17) is 13.9 Å². The van der Waals surface area contributed by atoms with E-state index in [2.05, 4.69) is 4.98 Å². The highest BCUT2D eigenvalue weighted by Gasteiger charge is 2.34. The summed E-state index contributed by atoms with van der Waals surface area (Å²) in [6.07, 6.45) is 3.12. The smallest absolute Gasteiger partial charge is 0.312 e. The van der Waals surface area contributed by atoms with E-state index in [0.717, 1.165) is 16.5 Å². The Balaban J connectivity index is 1.61. The lowest BCUT2D eigenvalue weighted by Crippen LogP contribution is -2.22. The van der Waals surface area contributed by atoms with Gasteiger partial charge in [0.1, 0.15) is 34.5 Å². The maximum absolute atomic E-state index is 13.5. The van der Waals surface area contributed by atoms with Gasteiger partial charge in [0.15, 0.2) is 0 Å². The minimum atomic E-state index is -0.470. The Bertz CT molecular complexity index is 1680. The van der Waals surface area contributed by atoms with Gasteiger partial charge in [0.2, 0.25) is 5.43 Å². The molecule has 0 amide bonds. The fraction of sp³-hybridized carbons (Fsp3) is 0.107. The summed E-state index contributed by atoms with van der Waals surface area (Å²) in [6.45, 7) is 0. The number of ether oxygens (including phenoxy) is 2. The minimum absolute atomic E-state index is 0.0354. The highest BCUT2D eigenvalue weighted by atomic mass is 16.5. The SMILES string of the molecule is COc1ccc(-c2coc3c4c(cc(O)c3c2=O)OC(=O)CC4c2cccc3cccnc23)cc1. The number of phenols is 1. The number of aromatic hydroxyl groups is 1. The van der Waals surface area contributed by atoms with Gasteiger partial charge in [-0.3, -0.25) is 14.6 Å². The van der Waals surface area contributed by atoms with E-state index in [1.807, 2.05) is 30.3 Å². The molecule has 7 nitrogen and oxygen atoms in total. The molecular formula is C28H19NO6. The van der Waals surface area contributed by atoms with Crippen LogP contribution in [0.25, 0.3) is 33.0 Å². The topological polar surface area (TPSA) is 98.9 Å². The molecule has 0 radical (unpaired) electrons. The second-order valence-electron chi connectivity index (χ2n) is 8.37. The number of fused-ring (bicyclic) bond motifs is 4. The van der Waals surface area contributed by atoms with E-state index >= 15 is 0 Å². The number of rotatable bonds is 3. The van der Waals surface area contributed by atoms with Crippen LogP contribution >= 0.6 is 0 Å². The number of esters is 1. The molecule has 0 fully saturated rings. The van der Waals surface area contributed by atoms with Gasteiger partial charge in [-0.2, -0.15) is 0 Å². The lowest BCUT2D eigenvalue weighted by Gasteiger charge is -2.26. The first-order valence-corrected chi connectivity index (χ1v) is 11.1. The predicted molar refractivity (Wildman–Crippen MR) is 130 cm³/mol. The van der Waals surface area contributed by atoms with Crippen LogP contribution in [-0.4, -0.2) is 23.2 Å². The first kappa shape index (κ1) is 20.9. The molecule has 0 saturated heterocycles. The molecule has 1 aliphatic heterocycles. The van der Waals surface area contributed by atoms with Gasteiger partial charge in [0.05, 0.1) is 24.6 Å². The van der Waals surface area contributed by atoms with Crippen LogP contribution in [0.15, 0.2) is 82.3 Å². The third-order valence-corrected chi connectivity index (χ3v) is 6.41. The van der Waals surface area contributed by atoms with E-state index in [1.165, 1.54) is 12.3 Å². The van der Waals surface area contributed by atoms with Crippen molar-refractivity contribution in [2.75, 3.05) is 7.11 Å². The van der Waals surface area contributed by atoms with Crippen molar-refractivity contribution in [1.82, 2.24) is 4.98 Å². The number of methoxy groups -OCH3 is 1. The van der Waals surface area contributed by atoms with E-state index in [1.54, 1.807) is 37.6 Å². The second kappa shape index (κ2) is 7.99. The van der Waals surface area contributed by atoms with E-state index in [9.17, 15) is 14.7 Å². The van der Waals surface area contributed by atoms with Crippen molar-refractivity contribution in [2.45, 2.75) is 12.3 Å². The summed E-state index contributed by atoms with van der Waals surface area (Å²) in [6, 6.07) is 17.9. The second-order valence-corrected chi connectivity index (χ2v) is 8.37. The molecule has 1 N–H and O–H groups in total. The molecule has 6 rings (SSSR count). The van der Waals surface area contributed by atoms with Crippen molar-refractivity contribution in [3.8, 4) is 28.4 Å². The lowest BCUT2D eigenvalue weighted by atomic mass is 9.84. The molecule has 172 valence electrons. The molecule has 3 aromatic carbocycles. The number of nitrogens with zero attached hydrogens (tertiary/aromatic N) is 1. The number of hydrogen-bond donors (Lipinski definition) is 1. The molecule has 7 heteroatoms. The molecule has 35 heavy (non-hydrogen) atoms. The number of para-hydroxylation sites is 1. The maximum atomic E-state index is 13.5. The first-order valence-electron chi connectivity index (χ1n) is 11.1. The first-order chi connectivity index (χ1) is 17.0. The lowest BCUT2D eigenvalue weighted by molar-refractivity contribution is -0.135. The van der Waals surface area contributed by atoms with Crippen molar-refractivity contribution in [2.24, 2.45) is 0 Å². The van der Waals surface area contributed by atoms with Gasteiger partial charge in [-0.1, -0.05) is 36.4 Å². The molecule has 0 saturated carbocycles. The Hall–Kier alpha value is -4.65. The normalized spacial score (nSPS) is 15.1. The molecule has 1 unspecified atom stereocenters. The third kappa shape index (κ3) is 3.32. The van der Waals surface area contributed by atoms with E-state index < -0.39 is 11.9 Å². The van der Waals surface area contributed by atoms with Crippen molar-refractivity contribution < 1.29 is 23.8 Å². The number of carbonyl (C=O) groups excluding carboxylic acids is 1. The number of phenolic OH excluding ortho intramolecular Hbond substituents is 1. The van der Waals surface area contributed by atoms with Crippen LogP contribution in [0.5, 0.6) is 17.2 Å². The van der Waals surface area contributed by atoms with Gasteiger partial charge in [0.25, 0.3) is 0 Å². The molecule has 1 aliphatic rings. The third-order valence-electron chi connectivity index (χ3n) is 6.41. The van der Waals surface area contributed by atoms with Gasteiger partial charge >= 0.3 is 5.97 Å².